The molecule has 0 saturated carbocycles. The number of nitrogens with zero attached hydrogens (tertiary/aromatic N) is 2. The van der Waals surface area contributed by atoms with Crippen LogP contribution in [0.5, 0.6) is 5.75 Å². The highest BCUT2D eigenvalue weighted by Crippen LogP contribution is 2.29. The standard InChI is InChI=1S/C13H12F2N2O/c14-10-4-3-9(6-11(10)15)17-7-12-13(18-8-17)2-1-5-16-12/h1-3,5-6,10H,4,7-8H2. The Balaban J connectivity index is 1.81. The third-order valence-electron chi connectivity index (χ3n) is 3.05. The van der Waals surface area contributed by atoms with Crippen LogP contribution in [0.3, 0.4) is 0 Å². The number of alkyl halides is 1. The van der Waals surface area contributed by atoms with E-state index in [0.29, 0.717) is 19.0 Å². The van der Waals surface area contributed by atoms with E-state index in [1.807, 2.05) is 17.0 Å². The fourth-order valence-electron chi connectivity index (χ4n) is 2.06. The largest absolute Gasteiger partial charge is 0.471 e. The topological polar surface area (TPSA) is 25.4 Å². The first-order valence-corrected chi connectivity index (χ1v) is 5.77. The zero-order chi connectivity index (χ0) is 12.5. The number of pyridine rings is 1. The second-order valence-corrected chi connectivity index (χ2v) is 4.28. The van der Waals surface area contributed by atoms with Gasteiger partial charge in [0.15, 0.2) is 12.9 Å². The van der Waals surface area contributed by atoms with Crippen LogP contribution in [0.1, 0.15) is 12.1 Å². The van der Waals surface area contributed by atoms with Gasteiger partial charge in [-0.1, -0.05) is 6.08 Å². The molecular formula is C13H12F2N2O. The molecule has 1 aromatic heterocycles. The van der Waals surface area contributed by atoms with Crippen molar-refractivity contribution in [3.63, 3.8) is 0 Å². The second kappa shape index (κ2) is 4.40. The maximum atomic E-state index is 13.2. The zero-order valence-corrected chi connectivity index (χ0v) is 9.64. The average molecular weight is 250 g/mol. The van der Waals surface area contributed by atoms with Crippen molar-refractivity contribution in [2.45, 2.75) is 19.1 Å². The average Bonchev–Trinajstić information content (AvgIpc) is 2.41. The first kappa shape index (κ1) is 11.2. The van der Waals surface area contributed by atoms with Crippen molar-refractivity contribution >= 4 is 0 Å². The summed E-state index contributed by atoms with van der Waals surface area (Å²) in [6.45, 7) is 0.869. The number of aromatic nitrogens is 1. The summed E-state index contributed by atoms with van der Waals surface area (Å²) >= 11 is 0. The highest BCUT2D eigenvalue weighted by Gasteiger charge is 2.23. The van der Waals surface area contributed by atoms with Crippen molar-refractivity contribution in [3.05, 3.63) is 47.7 Å². The molecule has 5 heteroatoms. The van der Waals surface area contributed by atoms with Crippen LogP contribution in [0.2, 0.25) is 0 Å². The minimum atomic E-state index is -1.51. The lowest BCUT2D eigenvalue weighted by molar-refractivity contribution is 0.126. The Kier molecular flexibility index (Phi) is 2.74. The Morgan fingerprint density at radius 2 is 2.33 bits per heavy atom. The Bertz CT molecular complexity index is 527. The first-order chi connectivity index (χ1) is 8.74. The van der Waals surface area contributed by atoms with Crippen LogP contribution in [-0.4, -0.2) is 22.8 Å². The Morgan fingerprint density at radius 3 is 3.17 bits per heavy atom. The smallest absolute Gasteiger partial charge is 0.161 e. The van der Waals surface area contributed by atoms with Crippen molar-refractivity contribution in [3.8, 4) is 5.75 Å². The zero-order valence-electron chi connectivity index (χ0n) is 9.64. The molecule has 1 aromatic rings. The van der Waals surface area contributed by atoms with Crippen molar-refractivity contribution in [2.24, 2.45) is 0 Å². The summed E-state index contributed by atoms with van der Waals surface area (Å²) < 4.78 is 31.8. The molecule has 0 bridgehead atoms. The molecule has 2 heterocycles. The van der Waals surface area contributed by atoms with Crippen molar-refractivity contribution < 1.29 is 13.5 Å². The first-order valence-electron chi connectivity index (χ1n) is 5.77. The number of hydrogen-bond donors (Lipinski definition) is 0. The van der Waals surface area contributed by atoms with Gasteiger partial charge < -0.3 is 9.64 Å². The number of fused-ring (bicyclic) bond motifs is 1. The van der Waals surface area contributed by atoms with Gasteiger partial charge in [0, 0.05) is 18.3 Å². The molecule has 0 amide bonds. The van der Waals surface area contributed by atoms with Crippen LogP contribution in [0, 0.1) is 0 Å². The molecule has 1 aliphatic carbocycles. The third kappa shape index (κ3) is 1.96. The Morgan fingerprint density at radius 1 is 1.44 bits per heavy atom. The van der Waals surface area contributed by atoms with Gasteiger partial charge in [0.2, 0.25) is 0 Å². The molecule has 2 aliphatic rings. The second-order valence-electron chi connectivity index (χ2n) is 4.28. The van der Waals surface area contributed by atoms with Gasteiger partial charge in [0.05, 0.1) is 6.54 Å². The lowest BCUT2D eigenvalue weighted by Crippen LogP contribution is -2.32. The van der Waals surface area contributed by atoms with E-state index in [1.54, 1.807) is 12.3 Å². The van der Waals surface area contributed by atoms with Crippen molar-refractivity contribution in [2.75, 3.05) is 6.73 Å². The molecule has 0 spiro atoms. The summed E-state index contributed by atoms with van der Waals surface area (Å²) in [5, 5.41) is 0. The predicted molar refractivity (Wildman–Crippen MR) is 62.1 cm³/mol. The number of ether oxygens (including phenoxy) is 1. The SMILES string of the molecule is FC1=CC(N2COc3cccnc3C2)=CCC1F. The Hall–Kier alpha value is -1.91. The van der Waals surface area contributed by atoms with E-state index in [9.17, 15) is 8.78 Å². The lowest BCUT2D eigenvalue weighted by atomic mass is 10.1. The molecule has 3 nitrogen and oxygen atoms in total. The molecule has 3 rings (SSSR count). The van der Waals surface area contributed by atoms with Gasteiger partial charge in [0.25, 0.3) is 0 Å². The molecule has 0 radical (unpaired) electrons. The normalized spacial score (nSPS) is 22.8. The molecule has 94 valence electrons. The van der Waals surface area contributed by atoms with Crippen LogP contribution in [-0.2, 0) is 6.54 Å². The van der Waals surface area contributed by atoms with Crippen LogP contribution >= 0.6 is 0 Å². The van der Waals surface area contributed by atoms with Gasteiger partial charge in [-0.2, -0.15) is 0 Å². The molecule has 0 saturated heterocycles. The van der Waals surface area contributed by atoms with Crippen molar-refractivity contribution in [1.29, 1.82) is 0 Å². The van der Waals surface area contributed by atoms with Gasteiger partial charge in [-0.25, -0.2) is 8.78 Å². The molecule has 0 aromatic carbocycles. The molecule has 1 unspecified atom stereocenters. The van der Waals surface area contributed by atoms with Crippen LogP contribution in [0.4, 0.5) is 8.78 Å². The monoisotopic (exact) mass is 250 g/mol. The summed E-state index contributed by atoms with van der Waals surface area (Å²) in [5.41, 5.74) is 1.46. The van der Waals surface area contributed by atoms with Gasteiger partial charge in [-0.05, 0) is 18.2 Å². The maximum absolute atomic E-state index is 13.2. The molecule has 0 fully saturated rings. The fourth-order valence-corrected chi connectivity index (χ4v) is 2.06. The molecular weight excluding hydrogens is 238 g/mol. The van der Waals surface area contributed by atoms with Crippen LogP contribution < -0.4 is 4.74 Å². The van der Waals surface area contributed by atoms with Gasteiger partial charge in [-0.3, -0.25) is 4.98 Å². The summed E-state index contributed by atoms with van der Waals surface area (Å²) in [6.07, 6.45) is 3.17. The third-order valence-corrected chi connectivity index (χ3v) is 3.05. The van der Waals surface area contributed by atoms with E-state index in [2.05, 4.69) is 4.98 Å². The summed E-state index contributed by atoms with van der Waals surface area (Å²) in [5.74, 6) is 0.0253. The van der Waals surface area contributed by atoms with Crippen molar-refractivity contribution in [1.82, 2.24) is 9.88 Å². The van der Waals surface area contributed by atoms with E-state index in [1.165, 1.54) is 6.08 Å². The highest BCUT2D eigenvalue weighted by molar-refractivity contribution is 5.32. The molecule has 18 heavy (non-hydrogen) atoms. The van der Waals surface area contributed by atoms with Gasteiger partial charge in [-0.15, -0.1) is 0 Å². The molecule has 0 N–H and O–H groups in total. The van der Waals surface area contributed by atoms with Crippen LogP contribution in [0.25, 0.3) is 0 Å². The van der Waals surface area contributed by atoms with Crippen LogP contribution in [0.15, 0.2) is 42.0 Å². The van der Waals surface area contributed by atoms with E-state index in [4.69, 9.17) is 4.74 Å². The minimum Gasteiger partial charge on any atom is -0.471 e. The summed E-state index contributed by atoms with van der Waals surface area (Å²) in [4.78, 5) is 6.05. The van der Waals surface area contributed by atoms with E-state index >= 15 is 0 Å². The van der Waals surface area contributed by atoms with E-state index in [0.717, 1.165) is 11.4 Å². The lowest BCUT2D eigenvalue weighted by Gasteiger charge is -2.31. The molecule has 1 aliphatic heterocycles. The van der Waals surface area contributed by atoms with E-state index < -0.39 is 12.0 Å². The number of allylic oxidation sites excluding steroid dienone is 3. The maximum Gasteiger partial charge on any atom is 0.161 e. The van der Waals surface area contributed by atoms with Gasteiger partial charge in [0.1, 0.15) is 17.3 Å². The minimum absolute atomic E-state index is 0.0727. The number of hydrogen-bond acceptors (Lipinski definition) is 3. The fraction of sp³-hybridized carbons (Fsp3) is 0.308. The predicted octanol–water partition coefficient (Wildman–Crippen LogP) is 2.71. The summed E-state index contributed by atoms with van der Waals surface area (Å²) in [7, 11) is 0. The van der Waals surface area contributed by atoms with Gasteiger partial charge >= 0.3 is 0 Å². The molecule has 1 atom stereocenters. The summed E-state index contributed by atoms with van der Waals surface area (Å²) in [6, 6.07) is 3.66. The Labute approximate surface area is 103 Å². The van der Waals surface area contributed by atoms with E-state index in [-0.39, 0.29) is 6.42 Å². The highest BCUT2D eigenvalue weighted by atomic mass is 19.2. The quantitative estimate of drug-likeness (QED) is 0.766. The number of halogens is 2. The number of rotatable bonds is 1.